The molecule has 0 aliphatic carbocycles. The van der Waals surface area contributed by atoms with E-state index in [1.54, 1.807) is 18.6 Å². The van der Waals surface area contributed by atoms with Gasteiger partial charge in [0.15, 0.2) is 0 Å². The predicted molar refractivity (Wildman–Crippen MR) is 46.8 cm³/mol. The van der Waals surface area contributed by atoms with E-state index < -0.39 is 0 Å². The summed E-state index contributed by atoms with van der Waals surface area (Å²) in [6.07, 6.45) is 3.17. The van der Waals surface area contributed by atoms with Crippen molar-refractivity contribution in [1.82, 2.24) is 4.98 Å². The number of hydrogen-bond donors (Lipinski definition) is 1. The Kier molecular flexibility index (Phi) is 1.90. The molecule has 4 heteroatoms. The minimum Gasteiger partial charge on any atom is -0.472 e. The van der Waals surface area contributed by atoms with Crippen LogP contribution in [0.25, 0.3) is 11.5 Å². The summed E-state index contributed by atoms with van der Waals surface area (Å²) in [5.41, 5.74) is 7.10. The second kappa shape index (κ2) is 3.06. The maximum absolute atomic E-state index is 5.47. The summed E-state index contributed by atoms with van der Waals surface area (Å²) in [6.45, 7) is 2.24. The Morgan fingerprint density at radius 1 is 1.54 bits per heavy atom. The lowest BCUT2D eigenvalue weighted by molar-refractivity contribution is 0.534. The highest BCUT2D eigenvalue weighted by Crippen LogP contribution is 2.21. The number of hydrogen-bond acceptors (Lipinski definition) is 4. The molecule has 0 saturated carbocycles. The van der Waals surface area contributed by atoms with Gasteiger partial charge in [-0.05, 0) is 13.0 Å². The average Bonchev–Trinajstić information content (AvgIpc) is 2.71. The number of aromatic nitrogens is 1. The molecule has 0 spiro atoms. The third-order valence-corrected chi connectivity index (χ3v) is 1.85. The Morgan fingerprint density at radius 3 is 2.92 bits per heavy atom. The summed E-state index contributed by atoms with van der Waals surface area (Å²) in [7, 11) is 0. The maximum Gasteiger partial charge on any atom is 0.229 e. The third kappa shape index (κ3) is 1.36. The van der Waals surface area contributed by atoms with Crippen LogP contribution in [0.1, 0.15) is 11.5 Å². The molecule has 2 heterocycles. The SMILES string of the molecule is Cc1oc(-c2ccoc2)nc1CN. The van der Waals surface area contributed by atoms with E-state index in [1.165, 1.54) is 0 Å². The van der Waals surface area contributed by atoms with E-state index in [0.717, 1.165) is 17.0 Å². The highest BCUT2D eigenvalue weighted by molar-refractivity contribution is 5.51. The monoisotopic (exact) mass is 178 g/mol. The summed E-state index contributed by atoms with van der Waals surface area (Å²) in [5, 5.41) is 0. The molecule has 0 atom stereocenters. The number of furan rings is 1. The Morgan fingerprint density at radius 2 is 2.38 bits per heavy atom. The topological polar surface area (TPSA) is 65.2 Å². The second-order valence-corrected chi connectivity index (χ2v) is 2.74. The molecule has 0 aliphatic rings. The first-order chi connectivity index (χ1) is 6.31. The van der Waals surface area contributed by atoms with Gasteiger partial charge in [-0.15, -0.1) is 0 Å². The molecule has 0 unspecified atom stereocenters. The molecule has 13 heavy (non-hydrogen) atoms. The van der Waals surface area contributed by atoms with Crippen LogP contribution in [0, 0.1) is 6.92 Å². The molecular formula is C9H10N2O2. The fourth-order valence-electron chi connectivity index (χ4n) is 1.13. The summed E-state index contributed by atoms with van der Waals surface area (Å²) in [6, 6.07) is 1.80. The van der Waals surface area contributed by atoms with Crippen molar-refractivity contribution in [3.63, 3.8) is 0 Å². The molecule has 4 nitrogen and oxygen atoms in total. The van der Waals surface area contributed by atoms with Gasteiger partial charge in [-0.2, -0.15) is 0 Å². The van der Waals surface area contributed by atoms with Crippen LogP contribution in [0.3, 0.4) is 0 Å². The first kappa shape index (κ1) is 8.07. The quantitative estimate of drug-likeness (QED) is 0.760. The Balaban J connectivity index is 2.43. The Hall–Kier alpha value is -1.55. The number of nitrogens with two attached hydrogens (primary N) is 1. The lowest BCUT2D eigenvalue weighted by Gasteiger charge is -1.84. The fourth-order valence-corrected chi connectivity index (χ4v) is 1.13. The van der Waals surface area contributed by atoms with E-state index >= 15 is 0 Å². The number of aryl methyl sites for hydroxylation is 1. The molecule has 68 valence electrons. The maximum atomic E-state index is 5.47. The van der Waals surface area contributed by atoms with Gasteiger partial charge in [0.25, 0.3) is 0 Å². The van der Waals surface area contributed by atoms with Crippen molar-refractivity contribution in [3.8, 4) is 11.5 Å². The molecular weight excluding hydrogens is 168 g/mol. The average molecular weight is 178 g/mol. The molecule has 0 fully saturated rings. The summed E-state index contributed by atoms with van der Waals surface area (Å²) < 4.78 is 10.3. The first-order valence-electron chi connectivity index (χ1n) is 4.00. The largest absolute Gasteiger partial charge is 0.472 e. The molecule has 0 saturated heterocycles. The minimum absolute atomic E-state index is 0.396. The van der Waals surface area contributed by atoms with Gasteiger partial charge in [-0.1, -0.05) is 0 Å². The van der Waals surface area contributed by atoms with Crippen LogP contribution in [-0.4, -0.2) is 4.98 Å². The summed E-state index contributed by atoms with van der Waals surface area (Å²) in [5.74, 6) is 1.32. The van der Waals surface area contributed by atoms with Gasteiger partial charge in [0.2, 0.25) is 5.89 Å². The van der Waals surface area contributed by atoms with E-state index in [-0.39, 0.29) is 0 Å². The van der Waals surface area contributed by atoms with Gasteiger partial charge < -0.3 is 14.6 Å². The second-order valence-electron chi connectivity index (χ2n) is 2.74. The molecule has 2 aromatic heterocycles. The van der Waals surface area contributed by atoms with Gasteiger partial charge in [-0.25, -0.2) is 4.98 Å². The van der Waals surface area contributed by atoms with Gasteiger partial charge in [-0.3, -0.25) is 0 Å². The molecule has 2 aromatic rings. The molecule has 0 aromatic carbocycles. The molecule has 2 rings (SSSR count). The number of oxazole rings is 1. The van der Waals surface area contributed by atoms with Gasteiger partial charge in [0.05, 0.1) is 17.5 Å². The third-order valence-electron chi connectivity index (χ3n) is 1.85. The van der Waals surface area contributed by atoms with E-state index in [0.29, 0.717) is 12.4 Å². The molecule has 0 radical (unpaired) electrons. The van der Waals surface area contributed by atoms with E-state index in [9.17, 15) is 0 Å². The van der Waals surface area contributed by atoms with Crippen molar-refractivity contribution in [1.29, 1.82) is 0 Å². The van der Waals surface area contributed by atoms with E-state index in [1.807, 2.05) is 6.92 Å². The molecule has 0 amide bonds. The smallest absolute Gasteiger partial charge is 0.229 e. The van der Waals surface area contributed by atoms with Crippen LogP contribution in [0.15, 0.2) is 27.4 Å². The molecule has 2 N–H and O–H groups in total. The van der Waals surface area contributed by atoms with Crippen molar-refractivity contribution in [3.05, 3.63) is 30.0 Å². The Labute approximate surface area is 75.4 Å². The highest BCUT2D eigenvalue weighted by atomic mass is 16.4. The summed E-state index contributed by atoms with van der Waals surface area (Å²) in [4.78, 5) is 4.22. The number of rotatable bonds is 2. The first-order valence-corrected chi connectivity index (χ1v) is 4.00. The zero-order valence-electron chi connectivity index (χ0n) is 7.28. The predicted octanol–water partition coefficient (Wildman–Crippen LogP) is 1.70. The van der Waals surface area contributed by atoms with Crippen LogP contribution in [-0.2, 0) is 6.54 Å². The Bertz CT molecular complexity index is 390. The lowest BCUT2D eigenvalue weighted by Crippen LogP contribution is -1.97. The van der Waals surface area contributed by atoms with E-state index in [2.05, 4.69) is 4.98 Å². The highest BCUT2D eigenvalue weighted by Gasteiger charge is 2.10. The van der Waals surface area contributed by atoms with Crippen LogP contribution >= 0.6 is 0 Å². The van der Waals surface area contributed by atoms with Crippen LogP contribution in [0.2, 0.25) is 0 Å². The van der Waals surface area contributed by atoms with Gasteiger partial charge in [0, 0.05) is 6.54 Å². The standard InChI is InChI=1S/C9H10N2O2/c1-6-8(4-10)11-9(13-6)7-2-3-12-5-7/h2-3,5H,4,10H2,1H3. The zero-order valence-corrected chi connectivity index (χ0v) is 7.28. The summed E-state index contributed by atoms with van der Waals surface area (Å²) >= 11 is 0. The van der Waals surface area contributed by atoms with Gasteiger partial charge >= 0.3 is 0 Å². The van der Waals surface area contributed by atoms with Crippen molar-refractivity contribution in [2.75, 3.05) is 0 Å². The van der Waals surface area contributed by atoms with Crippen molar-refractivity contribution in [2.24, 2.45) is 5.73 Å². The van der Waals surface area contributed by atoms with Crippen molar-refractivity contribution in [2.45, 2.75) is 13.5 Å². The fraction of sp³-hybridized carbons (Fsp3) is 0.222. The molecule has 0 bridgehead atoms. The van der Waals surface area contributed by atoms with Gasteiger partial charge in [0.1, 0.15) is 12.0 Å². The molecule has 0 aliphatic heterocycles. The van der Waals surface area contributed by atoms with Crippen molar-refractivity contribution < 1.29 is 8.83 Å². The van der Waals surface area contributed by atoms with Crippen LogP contribution in [0.4, 0.5) is 0 Å². The lowest BCUT2D eigenvalue weighted by atomic mass is 10.3. The number of nitrogens with zero attached hydrogens (tertiary/aromatic N) is 1. The normalized spacial score (nSPS) is 10.6. The minimum atomic E-state index is 0.396. The van der Waals surface area contributed by atoms with Crippen molar-refractivity contribution >= 4 is 0 Å². The van der Waals surface area contributed by atoms with Crippen LogP contribution < -0.4 is 5.73 Å². The van der Waals surface area contributed by atoms with E-state index in [4.69, 9.17) is 14.6 Å². The van der Waals surface area contributed by atoms with Crippen LogP contribution in [0.5, 0.6) is 0 Å². The zero-order chi connectivity index (χ0) is 9.26.